The van der Waals surface area contributed by atoms with Crippen molar-refractivity contribution in [3.05, 3.63) is 59.2 Å². The normalized spacial score (nSPS) is 19.2. The van der Waals surface area contributed by atoms with E-state index in [-0.39, 0.29) is 6.04 Å². The molecule has 2 heterocycles. The van der Waals surface area contributed by atoms with Crippen LogP contribution in [-0.2, 0) is 6.42 Å². The molecule has 0 amide bonds. The number of aromatic nitrogens is 2. The highest BCUT2D eigenvalue weighted by Gasteiger charge is 2.32. The van der Waals surface area contributed by atoms with Crippen LogP contribution in [0.25, 0.3) is 0 Å². The van der Waals surface area contributed by atoms with Crippen molar-refractivity contribution in [2.45, 2.75) is 31.7 Å². The third-order valence-electron chi connectivity index (χ3n) is 3.93. The largest absolute Gasteiger partial charge is 0.271 e. The van der Waals surface area contributed by atoms with Gasteiger partial charge in [0.2, 0.25) is 0 Å². The van der Waals surface area contributed by atoms with E-state index in [1.807, 2.05) is 24.5 Å². The van der Waals surface area contributed by atoms with Gasteiger partial charge in [-0.25, -0.2) is 0 Å². The van der Waals surface area contributed by atoms with Crippen LogP contribution < -0.4 is 11.3 Å². The van der Waals surface area contributed by atoms with Crippen LogP contribution in [0, 0.1) is 6.92 Å². The molecule has 3 N–H and O–H groups in total. The van der Waals surface area contributed by atoms with Gasteiger partial charge in [0, 0.05) is 24.0 Å². The maximum absolute atomic E-state index is 5.79. The molecule has 0 saturated carbocycles. The van der Waals surface area contributed by atoms with Crippen LogP contribution in [0.2, 0.25) is 0 Å². The zero-order chi connectivity index (χ0) is 13.2. The molecule has 1 aliphatic carbocycles. The summed E-state index contributed by atoms with van der Waals surface area (Å²) >= 11 is 0. The van der Waals surface area contributed by atoms with Gasteiger partial charge in [0.15, 0.2) is 0 Å². The lowest BCUT2D eigenvalue weighted by molar-refractivity contribution is 0.436. The zero-order valence-corrected chi connectivity index (χ0v) is 11.0. The Balaban J connectivity index is 1.99. The van der Waals surface area contributed by atoms with Gasteiger partial charge in [-0.3, -0.25) is 21.2 Å². The smallest absolute Gasteiger partial charge is 0.0718 e. The average Bonchev–Trinajstić information content (AvgIpc) is 2.86. The van der Waals surface area contributed by atoms with Crippen molar-refractivity contribution in [3.8, 4) is 0 Å². The molecule has 2 aromatic rings. The second-order valence-electron chi connectivity index (χ2n) is 5.04. The molecule has 3 rings (SSSR count). The Morgan fingerprint density at radius 2 is 2.05 bits per heavy atom. The number of fused-ring (bicyclic) bond motifs is 1. The summed E-state index contributed by atoms with van der Waals surface area (Å²) in [5, 5.41) is 0. The lowest BCUT2D eigenvalue weighted by atomic mass is 9.92. The summed E-state index contributed by atoms with van der Waals surface area (Å²) in [7, 11) is 0. The zero-order valence-electron chi connectivity index (χ0n) is 11.0. The number of aryl methyl sites for hydroxylation is 2. The Bertz CT molecular complexity index is 582. The summed E-state index contributed by atoms with van der Waals surface area (Å²) in [6.07, 6.45) is 5.81. The van der Waals surface area contributed by atoms with Crippen molar-refractivity contribution in [2.24, 2.45) is 5.84 Å². The van der Waals surface area contributed by atoms with Crippen molar-refractivity contribution in [1.82, 2.24) is 15.4 Å². The van der Waals surface area contributed by atoms with Gasteiger partial charge in [0.05, 0.1) is 11.7 Å². The highest BCUT2D eigenvalue weighted by Crippen LogP contribution is 2.40. The minimum atomic E-state index is 0.0253. The lowest BCUT2D eigenvalue weighted by Gasteiger charge is -2.23. The number of rotatable bonds is 3. The van der Waals surface area contributed by atoms with Crippen molar-refractivity contribution in [3.63, 3.8) is 0 Å². The summed E-state index contributed by atoms with van der Waals surface area (Å²) in [5.41, 5.74) is 7.62. The summed E-state index contributed by atoms with van der Waals surface area (Å²) in [6, 6.07) is 8.20. The summed E-state index contributed by atoms with van der Waals surface area (Å²) in [5.74, 6) is 6.09. The minimum absolute atomic E-state index is 0.0253. The monoisotopic (exact) mass is 254 g/mol. The molecule has 0 radical (unpaired) electrons. The van der Waals surface area contributed by atoms with Crippen molar-refractivity contribution >= 4 is 0 Å². The number of nitrogens with two attached hydrogens (primary N) is 1. The van der Waals surface area contributed by atoms with E-state index in [9.17, 15) is 0 Å². The molecule has 2 atom stereocenters. The predicted molar refractivity (Wildman–Crippen MR) is 74.3 cm³/mol. The van der Waals surface area contributed by atoms with Crippen LogP contribution in [-0.4, -0.2) is 9.97 Å². The number of hydrazine groups is 1. The van der Waals surface area contributed by atoms with Gasteiger partial charge in [0.25, 0.3) is 0 Å². The van der Waals surface area contributed by atoms with E-state index in [2.05, 4.69) is 34.5 Å². The van der Waals surface area contributed by atoms with Gasteiger partial charge in [0.1, 0.15) is 0 Å². The first-order chi connectivity index (χ1) is 9.31. The van der Waals surface area contributed by atoms with Gasteiger partial charge in [-0.2, -0.15) is 0 Å². The molecule has 4 heteroatoms. The molecule has 0 spiro atoms. The Labute approximate surface area is 113 Å². The molecule has 0 aromatic carbocycles. The number of nitrogens with one attached hydrogen (secondary N) is 1. The molecule has 2 unspecified atom stereocenters. The number of hydrogen-bond acceptors (Lipinski definition) is 4. The van der Waals surface area contributed by atoms with Crippen molar-refractivity contribution in [1.29, 1.82) is 0 Å². The van der Waals surface area contributed by atoms with Crippen LogP contribution >= 0.6 is 0 Å². The number of pyridine rings is 2. The molecule has 4 nitrogen and oxygen atoms in total. The van der Waals surface area contributed by atoms with Crippen molar-refractivity contribution < 1.29 is 0 Å². The van der Waals surface area contributed by atoms with Gasteiger partial charge in [-0.05, 0) is 43.0 Å². The number of nitrogens with zero attached hydrogens (tertiary/aromatic N) is 2. The topological polar surface area (TPSA) is 63.8 Å². The minimum Gasteiger partial charge on any atom is -0.271 e. The van der Waals surface area contributed by atoms with Crippen LogP contribution in [0.1, 0.15) is 40.9 Å². The second kappa shape index (κ2) is 5.07. The van der Waals surface area contributed by atoms with E-state index in [4.69, 9.17) is 5.84 Å². The van der Waals surface area contributed by atoms with E-state index < -0.39 is 0 Å². The van der Waals surface area contributed by atoms with Crippen LogP contribution in [0.4, 0.5) is 0 Å². The van der Waals surface area contributed by atoms with Crippen LogP contribution in [0.3, 0.4) is 0 Å². The Hall–Kier alpha value is -1.78. The molecule has 0 bridgehead atoms. The van der Waals surface area contributed by atoms with Crippen LogP contribution in [0.5, 0.6) is 0 Å². The molecular weight excluding hydrogens is 236 g/mol. The molecule has 98 valence electrons. The lowest BCUT2D eigenvalue weighted by Crippen LogP contribution is -2.33. The van der Waals surface area contributed by atoms with Crippen LogP contribution in [0.15, 0.2) is 36.7 Å². The van der Waals surface area contributed by atoms with Gasteiger partial charge in [-0.15, -0.1) is 0 Å². The fourth-order valence-electron chi connectivity index (χ4n) is 2.98. The number of hydrogen-bond donors (Lipinski definition) is 2. The quantitative estimate of drug-likeness (QED) is 0.649. The highest BCUT2D eigenvalue weighted by atomic mass is 15.2. The standard InChI is InChI=1S/C15H18N4/c1-10-4-2-8-17-13(10)15(19-16)12-7-6-11-5-3-9-18-14(11)12/h2-5,8-9,12,15,19H,6-7,16H2,1H3. The Morgan fingerprint density at radius 3 is 2.84 bits per heavy atom. The van der Waals surface area contributed by atoms with E-state index >= 15 is 0 Å². The van der Waals surface area contributed by atoms with E-state index in [1.54, 1.807) is 0 Å². The molecule has 0 aliphatic heterocycles. The van der Waals surface area contributed by atoms with Crippen molar-refractivity contribution in [2.75, 3.05) is 0 Å². The summed E-state index contributed by atoms with van der Waals surface area (Å²) in [4.78, 5) is 9.04. The fourth-order valence-corrected chi connectivity index (χ4v) is 2.98. The third-order valence-corrected chi connectivity index (χ3v) is 3.93. The summed E-state index contributed by atoms with van der Waals surface area (Å²) < 4.78 is 0. The summed E-state index contributed by atoms with van der Waals surface area (Å²) in [6.45, 7) is 2.07. The Kier molecular flexibility index (Phi) is 3.27. The van der Waals surface area contributed by atoms with E-state index in [1.165, 1.54) is 5.56 Å². The van der Waals surface area contributed by atoms with Gasteiger partial charge < -0.3 is 0 Å². The maximum atomic E-state index is 5.79. The second-order valence-corrected chi connectivity index (χ2v) is 5.04. The SMILES string of the molecule is Cc1cccnc1C(NN)C1CCc2cccnc21. The average molecular weight is 254 g/mol. The molecule has 19 heavy (non-hydrogen) atoms. The molecule has 0 saturated heterocycles. The van der Waals surface area contributed by atoms with E-state index in [0.29, 0.717) is 5.92 Å². The molecule has 0 fully saturated rings. The maximum Gasteiger partial charge on any atom is 0.0718 e. The van der Waals surface area contributed by atoms with Gasteiger partial charge >= 0.3 is 0 Å². The third kappa shape index (κ3) is 2.13. The predicted octanol–water partition coefficient (Wildman–Crippen LogP) is 2.02. The highest BCUT2D eigenvalue weighted by molar-refractivity contribution is 5.33. The Morgan fingerprint density at radius 1 is 1.26 bits per heavy atom. The first-order valence-corrected chi connectivity index (χ1v) is 6.62. The van der Waals surface area contributed by atoms with E-state index in [0.717, 1.165) is 29.8 Å². The molecule has 2 aromatic heterocycles. The first kappa shape index (κ1) is 12.3. The molecular formula is C15H18N4. The first-order valence-electron chi connectivity index (χ1n) is 6.62. The van der Waals surface area contributed by atoms with Gasteiger partial charge in [-0.1, -0.05) is 12.1 Å². The molecule has 1 aliphatic rings. The fraction of sp³-hybridized carbons (Fsp3) is 0.333.